The maximum Gasteiger partial charge on any atom is 0.257 e. The van der Waals surface area contributed by atoms with E-state index in [-0.39, 0.29) is 5.91 Å². The Labute approximate surface area is 172 Å². The van der Waals surface area contributed by atoms with Crippen LogP contribution in [0.25, 0.3) is 0 Å². The highest BCUT2D eigenvalue weighted by Gasteiger charge is 2.19. The fourth-order valence-electron chi connectivity index (χ4n) is 3.64. The summed E-state index contributed by atoms with van der Waals surface area (Å²) in [6.45, 7) is 11.4. The van der Waals surface area contributed by atoms with Gasteiger partial charge in [-0.05, 0) is 35.1 Å². The van der Waals surface area contributed by atoms with E-state index in [1.165, 1.54) is 0 Å². The highest BCUT2D eigenvalue weighted by atomic mass is 16.1. The molecule has 2 amide bonds. The van der Waals surface area contributed by atoms with Gasteiger partial charge in [0.25, 0.3) is 5.91 Å². The Balaban J connectivity index is 1.76. The van der Waals surface area contributed by atoms with Gasteiger partial charge in [0.1, 0.15) is 5.82 Å². The van der Waals surface area contributed by atoms with Crippen molar-refractivity contribution in [1.29, 1.82) is 0 Å². The average molecular weight is 395 g/mol. The lowest BCUT2D eigenvalue weighted by atomic mass is 9.92. The Morgan fingerprint density at radius 1 is 1.00 bits per heavy atom. The van der Waals surface area contributed by atoms with Crippen LogP contribution in [0, 0.1) is 0 Å². The van der Waals surface area contributed by atoms with Gasteiger partial charge in [0.15, 0.2) is 0 Å². The molecule has 2 aromatic rings. The monoisotopic (exact) mass is 394 g/mol. The van der Waals surface area contributed by atoms with Crippen molar-refractivity contribution < 1.29 is 9.59 Å². The maximum absolute atomic E-state index is 12.9. The van der Waals surface area contributed by atoms with Crippen LogP contribution < -0.4 is 10.2 Å². The van der Waals surface area contributed by atoms with Gasteiger partial charge >= 0.3 is 0 Å². The molecule has 2 heterocycles. The number of amides is 2. The van der Waals surface area contributed by atoms with Crippen molar-refractivity contribution in [2.75, 3.05) is 36.4 Å². The predicted molar refractivity (Wildman–Crippen MR) is 117 cm³/mol. The van der Waals surface area contributed by atoms with Crippen molar-refractivity contribution in [2.45, 2.75) is 39.5 Å². The number of piperazine rings is 1. The number of anilines is 2. The molecule has 29 heavy (non-hydrogen) atoms. The molecule has 0 unspecified atom stereocenters. The SMILES string of the molecule is CC(C)c1cccc(C(C)C)c1NC(=O)c1ccc(N2CCN(C=O)CC2)nc1. The Hall–Kier alpha value is -2.89. The van der Waals surface area contributed by atoms with Crippen LogP contribution in [-0.2, 0) is 4.79 Å². The number of benzene rings is 1. The van der Waals surface area contributed by atoms with E-state index in [0.29, 0.717) is 30.5 Å². The molecule has 6 heteroatoms. The molecule has 1 aliphatic rings. The molecule has 3 rings (SSSR count). The molecule has 1 saturated heterocycles. The van der Waals surface area contributed by atoms with Gasteiger partial charge in [-0.15, -0.1) is 0 Å². The zero-order chi connectivity index (χ0) is 21.0. The van der Waals surface area contributed by atoms with Crippen LogP contribution in [0.1, 0.15) is 61.0 Å². The van der Waals surface area contributed by atoms with Crippen LogP contribution in [0.4, 0.5) is 11.5 Å². The van der Waals surface area contributed by atoms with E-state index in [1.54, 1.807) is 11.1 Å². The number of carbonyl (C=O) groups is 2. The van der Waals surface area contributed by atoms with E-state index in [1.807, 2.05) is 12.1 Å². The zero-order valence-corrected chi connectivity index (χ0v) is 17.7. The molecule has 0 aliphatic carbocycles. The van der Waals surface area contributed by atoms with Crippen LogP contribution >= 0.6 is 0 Å². The Morgan fingerprint density at radius 2 is 1.62 bits per heavy atom. The first-order chi connectivity index (χ1) is 13.9. The third-order valence-electron chi connectivity index (χ3n) is 5.41. The van der Waals surface area contributed by atoms with E-state index in [2.05, 4.69) is 61.1 Å². The van der Waals surface area contributed by atoms with Crippen molar-refractivity contribution in [3.05, 3.63) is 53.2 Å². The average Bonchev–Trinajstić information content (AvgIpc) is 2.73. The number of carbonyl (C=O) groups excluding carboxylic acids is 2. The van der Waals surface area contributed by atoms with Gasteiger partial charge in [0.05, 0.1) is 5.56 Å². The smallest absolute Gasteiger partial charge is 0.257 e. The van der Waals surface area contributed by atoms with Gasteiger partial charge in [-0.3, -0.25) is 9.59 Å². The fraction of sp³-hybridized carbons (Fsp3) is 0.435. The second-order valence-corrected chi connectivity index (χ2v) is 8.11. The molecular weight excluding hydrogens is 364 g/mol. The van der Waals surface area contributed by atoms with Crippen molar-refractivity contribution in [1.82, 2.24) is 9.88 Å². The molecule has 6 nitrogen and oxygen atoms in total. The molecule has 1 fully saturated rings. The summed E-state index contributed by atoms with van der Waals surface area (Å²) in [5, 5.41) is 3.13. The number of pyridine rings is 1. The molecule has 1 aliphatic heterocycles. The third kappa shape index (κ3) is 4.75. The highest BCUT2D eigenvalue weighted by molar-refractivity contribution is 6.05. The van der Waals surface area contributed by atoms with Crippen molar-refractivity contribution in [3.63, 3.8) is 0 Å². The van der Waals surface area contributed by atoms with E-state index in [9.17, 15) is 9.59 Å². The number of rotatable bonds is 6. The first kappa shape index (κ1) is 20.8. The van der Waals surface area contributed by atoms with Crippen LogP contribution in [0.2, 0.25) is 0 Å². The maximum atomic E-state index is 12.9. The summed E-state index contributed by atoms with van der Waals surface area (Å²) in [5.74, 6) is 1.31. The highest BCUT2D eigenvalue weighted by Crippen LogP contribution is 2.32. The van der Waals surface area contributed by atoms with Gasteiger partial charge in [-0.2, -0.15) is 0 Å². The molecule has 0 saturated carbocycles. The summed E-state index contributed by atoms with van der Waals surface area (Å²) in [6.07, 6.45) is 2.52. The van der Waals surface area contributed by atoms with Gasteiger partial charge in [0, 0.05) is 38.1 Å². The molecule has 1 N–H and O–H groups in total. The first-order valence-electron chi connectivity index (χ1n) is 10.2. The van der Waals surface area contributed by atoms with Crippen molar-refractivity contribution >= 4 is 23.8 Å². The minimum absolute atomic E-state index is 0.148. The zero-order valence-electron chi connectivity index (χ0n) is 17.7. The topological polar surface area (TPSA) is 65.5 Å². The van der Waals surface area contributed by atoms with Gasteiger partial charge in [-0.25, -0.2) is 4.98 Å². The summed E-state index contributed by atoms with van der Waals surface area (Å²) < 4.78 is 0. The number of aromatic nitrogens is 1. The van der Waals surface area contributed by atoms with Crippen LogP contribution in [-0.4, -0.2) is 48.4 Å². The standard InChI is InChI=1S/C23H30N4O2/c1-16(2)19-6-5-7-20(17(3)4)22(19)25-23(29)18-8-9-21(24-14-18)27-12-10-26(15-28)11-13-27/h5-9,14-17H,10-13H2,1-4H3,(H,25,29). The fourth-order valence-corrected chi connectivity index (χ4v) is 3.64. The first-order valence-corrected chi connectivity index (χ1v) is 10.2. The number of para-hydroxylation sites is 1. The summed E-state index contributed by atoms with van der Waals surface area (Å²) >= 11 is 0. The summed E-state index contributed by atoms with van der Waals surface area (Å²) in [5.41, 5.74) is 3.73. The number of nitrogens with zero attached hydrogens (tertiary/aromatic N) is 3. The number of hydrogen-bond acceptors (Lipinski definition) is 4. The minimum Gasteiger partial charge on any atom is -0.353 e. The predicted octanol–water partition coefficient (Wildman–Crippen LogP) is 3.86. The molecule has 0 atom stereocenters. The van der Waals surface area contributed by atoms with E-state index in [0.717, 1.165) is 42.1 Å². The lowest BCUT2D eigenvalue weighted by Crippen LogP contribution is -2.46. The molecule has 154 valence electrons. The summed E-state index contributed by atoms with van der Waals surface area (Å²) in [6, 6.07) is 9.90. The Kier molecular flexibility index (Phi) is 6.52. The van der Waals surface area contributed by atoms with Crippen molar-refractivity contribution in [3.8, 4) is 0 Å². The normalized spacial score (nSPS) is 14.4. The van der Waals surface area contributed by atoms with Crippen LogP contribution in [0.5, 0.6) is 0 Å². The Bertz CT molecular complexity index is 827. The largest absolute Gasteiger partial charge is 0.353 e. The molecule has 1 aromatic heterocycles. The minimum atomic E-state index is -0.148. The summed E-state index contributed by atoms with van der Waals surface area (Å²) in [4.78, 5) is 32.2. The lowest BCUT2D eigenvalue weighted by Gasteiger charge is -2.33. The molecule has 1 aromatic carbocycles. The molecule has 0 radical (unpaired) electrons. The molecule has 0 bridgehead atoms. The second kappa shape index (κ2) is 9.07. The quantitative estimate of drug-likeness (QED) is 0.756. The van der Waals surface area contributed by atoms with Gasteiger partial charge < -0.3 is 15.1 Å². The van der Waals surface area contributed by atoms with Crippen LogP contribution in [0.15, 0.2) is 36.5 Å². The Morgan fingerprint density at radius 3 is 2.10 bits per heavy atom. The summed E-state index contributed by atoms with van der Waals surface area (Å²) in [7, 11) is 0. The molecular formula is C23H30N4O2. The van der Waals surface area contributed by atoms with Crippen molar-refractivity contribution in [2.24, 2.45) is 0 Å². The van der Waals surface area contributed by atoms with Gasteiger partial charge in [0.2, 0.25) is 6.41 Å². The second-order valence-electron chi connectivity index (χ2n) is 8.11. The van der Waals surface area contributed by atoms with E-state index < -0.39 is 0 Å². The number of nitrogens with one attached hydrogen (secondary N) is 1. The third-order valence-corrected chi connectivity index (χ3v) is 5.41. The molecule has 0 spiro atoms. The van der Waals surface area contributed by atoms with E-state index >= 15 is 0 Å². The van der Waals surface area contributed by atoms with Crippen LogP contribution in [0.3, 0.4) is 0 Å². The lowest BCUT2D eigenvalue weighted by molar-refractivity contribution is -0.118. The van der Waals surface area contributed by atoms with Gasteiger partial charge in [-0.1, -0.05) is 45.9 Å². The van der Waals surface area contributed by atoms with E-state index in [4.69, 9.17) is 0 Å². The number of hydrogen-bond donors (Lipinski definition) is 1.